The number of sulfonamides is 1. The molecule has 0 bridgehead atoms. The molecule has 2 aromatic carbocycles. The summed E-state index contributed by atoms with van der Waals surface area (Å²) < 4.78 is 27.2. The van der Waals surface area contributed by atoms with Gasteiger partial charge in [0.1, 0.15) is 0 Å². The molecule has 1 aliphatic heterocycles. The van der Waals surface area contributed by atoms with Gasteiger partial charge in [0, 0.05) is 16.1 Å². The van der Waals surface area contributed by atoms with Crippen LogP contribution < -0.4 is 4.31 Å². The van der Waals surface area contributed by atoms with Crippen LogP contribution in [0.15, 0.2) is 42.5 Å². The Morgan fingerprint density at radius 2 is 1.91 bits per heavy atom. The highest BCUT2D eigenvalue weighted by Gasteiger charge is 2.34. The van der Waals surface area contributed by atoms with Crippen molar-refractivity contribution in [3.63, 3.8) is 0 Å². The highest BCUT2D eigenvalue weighted by Crippen LogP contribution is 2.35. The van der Waals surface area contributed by atoms with Crippen LogP contribution in [0.3, 0.4) is 0 Å². The molecule has 0 saturated carbocycles. The lowest BCUT2D eigenvalue weighted by atomic mass is 10.1. The number of nitrogens with zero attached hydrogens (tertiary/aromatic N) is 1. The van der Waals surface area contributed by atoms with Gasteiger partial charge in [-0.1, -0.05) is 47.5 Å². The molecule has 3 rings (SSSR count). The number of hydrogen-bond donors (Lipinski definition) is 0. The van der Waals surface area contributed by atoms with Crippen molar-refractivity contribution in [1.82, 2.24) is 0 Å². The van der Waals surface area contributed by atoms with Crippen LogP contribution in [-0.2, 0) is 22.2 Å². The van der Waals surface area contributed by atoms with Gasteiger partial charge in [0.2, 0.25) is 10.0 Å². The number of benzene rings is 2. The Balaban J connectivity index is 1.97. The standard InChI is InChI=1S/C16H15Cl2NO2S/c1-11-8-12-4-2-3-5-16(12)19(11)22(20,21)10-13-6-7-14(17)9-15(13)18/h2-7,9,11H,8,10H2,1H3/t11-/m1/s1. The van der Waals surface area contributed by atoms with Crippen LogP contribution in [0.4, 0.5) is 5.69 Å². The Bertz CT molecular complexity index is 821. The Morgan fingerprint density at radius 1 is 1.18 bits per heavy atom. The second kappa shape index (κ2) is 5.76. The normalized spacial score (nSPS) is 17.6. The van der Waals surface area contributed by atoms with E-state index in [1.165, 1.54) is 4.31 Å². The van der Waals surface area contributed by atoms with Crippen molar-refractivity contribution in [3.8, 4) is 0 Å². The van der Waals surface area contributed by atoms with Gasteiger partial charge in [-0.25, -0.2) is 8.42 Å². The van der Waals surface area contributed by atoms with Crippen LogP contribution >= 0.6 is 23.2 Å². The zero-order valence-electron chi connectivity index (χ0n) is 12.0. The number of halogens is 2. The van der Waals surface area contributed by atoms with Gasteiger partial charge in [0.15, 0.2) is 0 Å². The first-order valence-electron chi connectivity index (χ1n) is 6.92. The Kier molecular flexibility index (Phi) is 4.10. The first-order chi connectivity index (χ1) is 10.4. The van der Waals surface area contributed by atoms with Crippen LogP contribution in [0.1, 0.15) is 18.1 Å². The molecule has 0 amide bonds. The predicted molar refractivity (Wildman–Crippen MR) is 91.2 cm³/mol. The fourth-order valence-corrected chi connectivity index (χ4v) is 5.30. The molecule has 1 aliphatic rings. The molecule has 0 radical (unpaired) electrons. The lowest BCUT2D eigenvalue weighted by molar-refractivity contribution is 0.583. The third-order valence-corrected chi connectivity index (χ3v) is 6.22. The average molecular weight is 356 g/mol. The topological polar surface area (TPSA) is 37.4 Å². The monoisotopic (exact) mass is 355 g/mol. The van der Waals surface area contributed by atoms with Crippen molar-refractivity contribution in [2.24, 2.45) is 0 Å². The summed E-state index contributed by atoms with van der Waals surface area (Å²) in [6.07, 6.45) is 0.726. The number of fused-ring (bicyclic) bond motifs is 1. The molecular weight excluding hydrogens is 341 g/mol. The molecule has 0 N–H and O–H groups in total. The second-order valence-corrected chi connectivity index (χ2v) is 8.16. The lowest BCUT2D eigenvalue weighted by Gasteiger charge is -2.24. The van der Waals surface area contributed by atoms with Gasteiger partial charge in [-0.15, -0.1) is 0 Å². The van der Waals surface area contributed by atoms with Crippen LogP contribution in [-0.4, -0.2) is 14.5 Å². The average Bonchev–Trinajstić information content (AvgIpc) is 2.78. The van der Waals surface area contributed by atoms with E-state index in [0.29, 0.717) is 15.6 Å². The van der Waals surface area contributed by atoms with E-state index in [9.17, 15) is 8.42 Å². The number of anilines is 1. The molecule has 0 aliphatic carbocycles. The third-order valence-electron chi connectivity index (χ3n) is 3.80. The van der Waals surface area contributed by atoms with Gasteiger partial charge in [-0.3, -0.25) is 4.31 Å². The molecule has 22 heavy (non-hydrogen) atoms. The summed E-state index contributed by atoms with van der Waals surface area (Å²) in [5, 5.41) is 0.863. The van der Waals surface area contributed by atoms with Crippen LogP contribution in [0.25, 0.3) is 0 Å². The zero-order valence-corrected chi connectivity index (χ0v) is 14.3. The molecule has 6 heteroatoms. The van der Waals surface area contributed by atoms with Crippen molar-refractivity contribution in [2.75, 3.05) is 4.31 Å². The van der Waals surface area contributed by atoms with Gasteiger partial charge in [-0.05, 0) is 42.7 Å². The van der Waals surface area contributed by atoms with Crippen LogP contribution in [0.2, 0.25) is 10.0 Å². The summed E-state index contributed by atoms with van der Waals surface area (Å²) >= 11 is 12.0. The molecule has 0 spiro atoms. The van der Waals surface area contributed by atoms with Crippen molar-refractivity contribution >= 4 is 38.9 Å². The summed E-state index contributed by atoms with van der Waals surface area (Å²) in [7, 11) is -3.51. The molecular formula is C16H15Cl2NO2S. The smallest absolute Gasteiger partial charge is 0.239 e. The maximum atomic E-state index is 12.8. The van der Waals surface area contributed by atoms with Crippen molar-refractivity contribution < 1.29 is 8.42 Å². The lowest BCUT2D eigenvalue weighted by Crippen LogP contribution is -2.36. The van der Waals surface area contributed by atoms with Crippen molar-refractivity contribution in [1.29, 1.82) is 0 Å². The van der Waals surface area contributed by atoms with E-state index < -0.39 is 10.0 Å². The number of para-hydroxylation sites is 1. The zero-order chi connectivity index (χ0) is 15.9. The quantitative estimate of drug-likeness (QED) is 0.823. The van der Waals surface area contributed by atoms with Crippen molar-refractivity contribution in [2.45, 2.75) is 25.1 Å². The van der Waals surface area contributed by atoms with Gasteiger partial charge in [0.05, 0.1) is 11.4 Å². The van der Waals surface area contributed by atoms with Gasteiger partial charge >= 0.3 is 0 Å². The highest BCUT2D eigenvalue weighted by atomic mass is 35.5. The minimum atomic E-state index is -3.51. The summed E-state index contributed by atoms with van der Waals surface area (Å²) in [4.78, 5) is 0. The Labute approximate surface area is 140 Å². The molecule has 0 saturated heterocycles. The van der Waals surface area contributed by atoms with E-state index >= 15 is 0 Å². The first kappa shape index (κ1) is 15.7. The van der Waals surface area contributed by atoms with Gasteiger partial charge < -0.3 is 0 Å². The highest BCUT2D eigenvalue weighted by molar-refractivity contribution is 7.92. The summed E-state index contributed by atoms with van der Waals surface area (Å²) in [5.41, 5.74) is 2.38. The molecule has 1 heterocycles. The van der Waals surface area contributed by atoms with E-state index in [0.717, 1.165) is 17.7 Å². The van der Waals surface area contributed by atoms with Gasteiger partial charge in [0.25, 0.3) is 0 Å². The fraction of sp³-hybridized carbons (Fsp3) is 0.250. The largest absolute Gasteiger partial charge is 0.267 e. The predicted octanol–water partition coefficient (Wildman–Crippen LogP) is 4.27. The van der Waals surface area contributed by atoms with Crippen LogP contribution in [0.5, 0.6) is 0 Å². The maximum Gasteiger partial charge on any atom is 0.239 e. The molecule has 3 nitrogen and oxygen atoms in total. The minimum Gasteiger partial charge on any atom is -0.267 e. The molecule has 2 aromatic rings. The molecule has 0 unspecified atom stereocenters. The third kappa shape index (κ3) is 2.83. The van der Waals surface area contributed by atoms with Crippen molar-refractivity contribution in [3.05, 3.63) is 63.6 Å². The van der Waals surface area contributed by atoms with E-state index in [-0.39, 0.29) is 11.8 Å². The summed E-state index contributed by atoms with van der Waals surface area (Å²) in [6, 6.07) is 12.4. The minimum absolute atomic E-state index is 0.0894. The van der Waals surface area contributed by atoms with E-state index in [2.05, 4.69) is 0 Å². The molecule has 0 aromatic heterocycles. The molecule has 1 atom stereocenters. The van der Waals surface area contributed by atoms with E-state index in [1.54, 1.807) is 18.2 Å². The fourth-order valence-electron chi connectivity index (χ4n) is 2.87. The number of hydrogen-bond acceptors (Lipinski definition) is 2. The Morgan fingerprint density at radius 3 is 2.64 bits per heavy atom. The number of rotatable bonds is 3. The Hall–Kier alpha value is -1.23. The van der Waals surface area contributed by atoms with Gasteiger partial charge in [-0.2, -0.15) is 0 Å². The van der Waals surface area contributed by atoms with E-state index in [1.807, 2.05) is 31.2 Å². The molecule has 116 valence electrons. The van der Waals surface area contributed by atoms with E-state index in [4.69, 9.17) is 23.2 Å². The summed E-state index contributed by atoms with van der Waals surface area (Å²) in [6.45, 7) is 1.92. The molecule has 0 fully saturated rings. The summed E-state index contributed by atoms with van der Waals surface area (Å²) in [5.74, 6) is -0.137. The maximum absolute atomic E-state index is 12.8. The SMILES string of the molecule is C[C@@H]1Cc2ccccc2N1S(=O)(=O)Cc1ccc(Cl)cc1Cl. The first-order valence-corrected chi connectivity index (χ1v) is 9.29. The second-order valence-electron chi connectivity index (χ2n) is 5.47. The van der Waals surface area contributed by atoms with Crippen LogP contribution in [0, 0.1) is 0 Å².